The first-order valence-electron chi connectivity index (χ1n) is 11.7. The summed E-state index contributed by atoms with van der Waals surface area (Å²) in [6.45, 7) is 7.55. The van der Waals surface area contributed by atoms with E-state index >= 15 is 0 Å². The van der Waals surface area contributed by atoms with Crippen LogP contribution in [0, 0.1) is 6.92 Å². The van der Waals surface area contributed by atoms with Gasteiger partial charge in [0, 0.05) is 32.4 Å². The molecule has 1 aromatic heterocycles. The molecule has 2 aromatic rings. The molecule has 1 saturated carbocycles. The van der Waals surface area contributed by atoms with Crippen LogP contribution in [0.25, 0.3) is 0 Å². The number of ether oxygens (including phenoxy) is 1. The first-order chi connectivity index (χ1) is 15.6. The monoisotopic (exact) mass is 453 g/mol. The molecule has 8 nitrogen and oxygen atoms in total. The number of rotatable bonds is 5. The Labute approximate surface area is 195 Å². The van der Waals surface area contributed by atoms with Gasteiger partial charge < -0.3 is 14.6 Å². The molecule has 33 heavy (non-hydrogen) atoms. The van der Waals surface area contributed by atoms with Crippen LogP contribution in [0.3, 0.4) is 0 Å². The Kier molecular flexibility index (Phi) is 6.22. The zero-order valence-electron chi connectivity index (χ0n) is 20.5. The van der Waals surface area contributed by atoms with Crippen molar-refractivity contribution in [2.45, 2.75) is 77.5 Å². The van der Waals surface area contributed by atoms with Crippen molar-refractivity contribution >= 4 is 17.7 Å². The van der Waals surface area contributed by atoms with E-state index < -0.39 is 11.7 Å². The molecule has 4 rings (SSSR count). The van der Waals surface area contributed by atoms with Crippen LogP contribution >= 0.6 is 0 Å². The van der Waals surface area contributed by atoms with Gasteiger partial charge in [0.15, 0.2) is 0 Å². The molecule has 0 radical (unpaired) electrons. The van der Waals surface area contributed by atoms with Gasteiger partial charge in [-0.1, -0.05) is 12.1 Å². The van der Waals surface area contributed by atoms with E-state index in [0.29, 0.717) is 12.0 Å². The van der Waals surface area contributed by atoms with Gasteiger partial charge in [-0.15, -0.1) is 0 Å². The Morgan fingerprint density at radius 1 is 1.18 bits per heavy atom. The topological polar surface area (TPSA) is 79.7 Å². The molecule has 2 aliphatic rings. The van der Waals surface area contributed by atoms with E-state index in [-0.39, 0.29) is 18.0 Å². The maximum Gasteiger partial charge on any atom is 0.435 e. The molecule has 1 heterocycles. The lowest BCUT2D eigenvalue weighted by molar-refractivity contribution is 0.0513. The number of aryl methyl sites for hydroxylation is 2. The number of hydrogen-bond acceptors (Lipinski definition) is 6. The lowest BCUT2D eigenvalue weighted by Gasteiger charge is -2.35. The number of aromatic nitrogens is 2. The molecule has 1 unspecified atom stereocenters. The van der Waals surface area contributed by atoms with Gasteiger partial charge in [-0.05, 0) is 77.0 Å². The first kappa shape index (κ1) is 23.3. The quantitative estimate of drug-likeness (QED) is 0.696. The van der Waals surface area contributed by atoms with Crippen molar-refractivity contribution in [3.63, 3.8) is 0 Å². The predicted molar refractivity (Wildman–Crippen MR) is 128 cm³/mol. The van der Waals surface area contributed by atoms with Crippen LogP contribution in [0.15, 0.2) is 24.4 Å². The fourth-order valence-corrected chi connectivity index (χ4v) is 4.64. The summed E-state index contributed by atoms with van der Waals surface area (Å²) < 4.78 is 6.77. The molecular formula is C25H35N5O3. The molecule has 1 fully saturated rings. The van der Waals surface area contributed by atoms with Gasteiger partial charge in [-0.2, -0.15) is 9.78 Å². The average molecular weight is 454 g/mol. The van der Waals surface area contributed by atoms with E-state index in [1.165, 1.54) is 4.68 Å². The summed E-state index contributed by atoms with van der Waals surface area (Å²) in [5, 5.41) is 6.38. The Hall–Kier alpha value is -2.87. The van der Waals surface area contributed by atoms with E-state index in [2.05, 4.69) is 15.4 Å². The van der Waals surface area contributed by atoms with E-state index in [9.17, 15) is 9.59 Å². The maximum absolute atomic E-state index is 13.9. The standard InChI is InChI=1S/C25H35N5O3/c1-16-8-7-9-20(22(16)28(6)26-5)23(31)30(18-10-11-18)19-12-13-21-17(14-19)15-29(27-21)24(32)33-25(2,3)4/h7-9,15,18-19,26H,10-14H2,1-6H3. The summed E-state index contributed by atoms with van der Waals surface area (Å²) in [4.78, 5) is 28.4. The summed E-state index contributed by atoms with van der Waals surface area (Å²) in [5.41, 5.74) is 7.18. The van der Waals surface area contributed by atoms with Gasteiger partial charge in [0.05, 0.1) is 16.9 Å². The normalized spacial score (nSPS) is 17.9. The molecule has 1 aromatic carbocycles. The number of nitrogens with one attached hydrogen (secondary N) is 1. The molecule has 0 spiro atoms. The van der Waals surface area contributed by atoms with E-state index in [4.69, 9.17) is 4.74 Å². The first-order valence-corrected chi connectivity index (χ1v) is 11.7. The number of anilines is 1. The minimum Gasteiger partial charge on any atom is -0.442 e. The number of hydrogen-bond donors (Lipinski definition) is 1. The predicted octanol–water partition coefficient (Wildman–Crippen LogP) is 3.71. The van der Waals surface area contributed by atoms with Gasteiger partial charge in [0.1, 0.15) is 5.60 Å². The lowest BCUT2D eigenvalue weighted by Crippen LogP contribution is -2.45. The van der Waals surface area contributed by atoms with Gasteiger partial charge in [-0.25, -0.2) is 10.2 Å². The number of carbonyl (C=O) groups excluding carboxylic acids is 2. The summed E-state index contributed by atoms with van der Waals surface area (Å²) >= 11 is 0. The highest BCUT2D eigenvalue weighted by Crippen LogP contribution is 2.36. The molecular weight excluding hydrogens is 418 g/mol. The Morgan fingerprint density at radius 3 is 2.55 bits per heavy atom. The fraction of sp³-hybridized carbons (Fsp3) is 0.560. The molecule has 0 bridgehead atoms. The van der Waals surface area contributed by atoms with Crippen LogP contribution in [0.1, 0.15) is 67.2 Å². The van der Waals surface area contributed by atoms with Crippen LogP contribution in [-0.2, 0) is 17.6 Å². The third kappa shape index (κ3) is 4.90. The van der Waals surface area contributed by atoms with Gasteiger partial charge in [-0.3, -0.25) is 4.79 Å². The minimum absolute atomic E-state index is 0.0753. The van der Waals surface area contributed by atoms with Crippen LogP contribution in [0.2, 0.25) is 0 Å². The van der Waals surface area contributed by atoms with Crippen molar-refractivity contribution in [1.82, 2.24) is 20.1 Å². The van der Waals surface area contributed by atoms with E-state index in [0.717, 1.165) is 48.2 Å². The summed E-state index contributed by atoms with van der Waals surface area (Å²) in [6, 6.07) is 6.26. The largest absolute Gasteiger partial charge is 0.442 e. The SMILES string of the molecule is CNN(C)c1c(C)cccc1C(=O)N(C1CC1)C1CCc2nn(C(=O)OC(C)(C)C)cc2C1. The summed E-state index contributed by atoms with van der Waals surface area (Å²) in [5.74, 6) is 0.0753. The fourth-order valence-electron chi connectivity index (χ4n) is 4.64. The zero-order valence-corrected chi connectivity index (χ0v) is 20.5. The number of benzene rings is 1. The summed E-state index contributed by atoms with van der Waals surface area (Å²) in [7, 11) is 3.78. The van der Waals surface area contributed by atoms with Gasteiger partial charge in [0.2, 0.25) is 0 Å². The van der Waals surface area contributed by atoms with Crippen LogP contribution in [0.5, 0.6) is 0 Å². The Bertz CT molecular complexity index is 1050. The second kappa shape index (κ2) is 8.82. The molecule has 1 amide bonds. The van der Waals surface area contributed by atoms with Crippen molar-refractivity contribution in [2.75, 3.05) is 19.1 Å². The van der Waals surface area contributed by atoms with Crippen molar-refractivity contribution in [1.29, 1.82) is 0 Å². The van der Waals surface area contributed by atoms with Crippen LogP contribution in [-0.4, -0.2) is 58.5 Å². The second-order valence-electron chi connectivity index (χ2n) is 10.1. The maximum atomic E-state index is 13.9. The van der Waals surface area contributed by atoms with Gasteiger partial charge in [0.25, 0.3) is 5.91 Å². The molecule has 0 aliphatic heterocycles. The number of hydrazine groups is 1. The van der Waals surface area contributed by atoms with Crippen molar-refractivity contribution in [3.05, 3.63) is 46.8 Å². The molecule has 8 heteroatoms. The number of fused-ring (bicyclic) bond motifs is 1. The van der Waals surface area contributed by atoms with Crippen molar-refractivity contribution in [2.24, 2.45) is 0 Å². The molecule has 1 atom stereocenters. The molecule has 2 aliphatic carbocycles. The van der Waals surface area contributed by atoms with Crippen molar-refractivity contribution in [3.8, 4) is 0 Å². The van der Waals surface area contributed by atoms with Crippen LogP contribution in [0.4, 0.5) is 10.5 Å². The highest BCUT2D eigenvalue weighted by Gasteiger charge is 2.40. The van der Waals surface area contributed by atoms with Gasteiger partial charge >= 0.3 is 6.09 Å². The average Bonchev–Trinajstić information content (AvgIpc) is 3.48. The Morgan fingerprint density at radius 2 is 1.91 bits per heavy atom. The number of nitrogens with zero attached hydrogens (tertiary/aromatic N) is 4. The molecule has 1 N–H and O–H groups in total. The zero-order chi connectivity index (χ0) is 23.9. The number of para-hydroxylation sites is 1. The number of amides is 1. The molecule has 178 valence electrons. The lowest BCUT2D eigenvalue weighted by atomic mass is 9.91. The number of carbonyl (C=O) groups is 2. The molecule has 0 saturated heterocycles. The highest BCUT2D eigenvalue weighted by atomic mass is 16.6. The minimum atomic E-state index is -0.576. The van der Waals surface area contributed by atoms with Crippen molar-refractivity contribution < 1.29 is 14.3 Å². The van der Waals surface area contributed by atoms with E-state index in [1.54, 1.807) is 6.20 Å². The smallest absolute Gasteiger partial charge is 0.435 e. The van der Waals surface area contributed by atoms with Crippen LogP contribution < -0.4 is 10.4 Å². The third-order valence-corrected chi connectivity index (χ3v) is 6.33. The second-order valence-corrected chi connectivity index (χ2v) is 10.1. The highest BCUT2D eigenvalue weighted by molar-refractivity contribution is 6.01. The van der Waals surface area contributed by atoms with E-state index in [1.807, 2.05) is 65.0 Å². The summed E-state index contributed by atoms with van der Waals surface area (Å²) in [6.07, 6.45) is 5.65. The third-order valence-electron chi connectivity index (χ3n) is 6.33. The Balaban J connectivity index is 1.59.